The summed E-state index contributed by atoms with van der Waals surface area (Å²) in [6, 6.07) is 0. The second-order valence-electron chi connectivity index (χ2n) is 2.51. The number of methoxy groups -OCH3 is 1. The van der Waals surface area contributed by atoms with E-state index in [1.807, 2.05) is 0 Å². The van der Waals surface area contributed by atoms with E-state index in [1.165, 1.54) is 46.3 Å². The van der Waals surface area contributed by atoms with E-state index in [4.69, 9.17) is 0 Å². The van der Waals surface area contributed by atoms with Crippen molar-refractivity contribution in [3.63, 3.8) is 0 Å². The maximum absolute atomic E-state index is 9.85. The van der Waals surface area contributed by atoms with E-state index >= 15 is 0 Å². The van der Waals surface area contributed by atoms with Gasteiger partial charge in [-0.15, -0.1) is 0 Å². The summed E-state index contributed by atoms with van der Waals surface area (Å²) in [7, 11) is 2.82. The standard InChI is InChI=1S/C5H10.C3H7NO2/c1-2-4-5-3-1;1-4-3(5)6-2/h1-5H2;1-2H3,(H,4,5). The lowest BCUT2D eigenvalue weighted by Gasteiger charge is -1.90. The minimum Gasteiger partial charge on any atom is -0.453 e. The highest BCUT2D eigenvalue weighted by Gasteiger charge is 1.95. The lowest BCUT2D eigenvalue weighted by atomic mass is 10.4. The van der Waals surface area contributed by atoms with Gasteiger partial charge in [-0.3, -0.25) is 0 Å². The van der Waals surface area contributed by atoms with Crippen molar-refractivity contribution < 1.29 is 9.53 Å². The molecule has 11 heavy (non-hydrogen) atoms. The minimum atomic E-state index is -0.407. The largest absolute Gasteiger partial charge is 0.453 e. The van der Waals surface area contributed by atoms with Gasteiger partial charge in [0.05, 0.1) is 7.11 Å². The zero-order valence-electron chi connectivity index (χ0n) is 7.35. The molecule has 1 aliphatic rings. The Balaban J connectivity index is 0.000000183. The Bertz CT molecular complexity index is 86.7. The van der Waals surface area contributed by atoms with Crippen molar-refractivity contribution in [2.75, 3.05) is 14.2 Å². The van der Waals surface area contributed by atoms with Crippen LogP contribution < -0.4 is 5.32 Å². The van der Waals surface area contributed by atoms with Crippen LogP contribution in [0.1, 0.15) is 32.1 Å². The molecule has 0 bridgehead atoms. The summed E-state index contributed by atoms with van der Waals surface area (Å²) < 4.78 is 4.15. The third-order valence-electron chi connectivity index (χ3n) is 1.64. The van der Waals surface area contributed by atoms with Gasteiger partial charge < -0.3 is 10.1 Å². The summed E-state index contributed by atoms with van der Waals surface area (Å²) in [6.45, 7) is 0. The van der Waals surface area contributed by atoms with Crippen LogP contribution in [0.2, 0.25) is 0 Å². The van der Waals surface area contributed by atoms with E-state index in [0.717, 1.165) is 0 Å². The monoisotopic (exact) mass is 159 g/mol. The molecule has 0 aromatic rings. The molecule has 0 aromatic carbocycles. The molecular weight excluding hydrogens is 142 g/mol. The van der Waals surface area contributed by atoms with Crippen molar-refractivity contribution in [3.8, 4) is 0 Å². The van der Waals surface area contributed by atoms with Crippen molar-refractivity contribution in [2.45, 2.75) is 32.1 Å². The molecule has 1 N–H and O–H groups in total. The zero-order chi connectivity index (χ0) is 8.53. The van der Waals surface area contributed by atoms with E-state index in [1.54, 1.807) is 0 Å². The van der Waals surface area contributed by atoms with Crippen LogP contribution in [0.4, 0.5) is 4.79 Å². The first-order valence-electron chi connectivity index (χ1n) is 4.07. The molecule has 0 aromatic heterocycles. The molecule has 1 saturated carbocycles. The van der Waals surface area contributed by atoms with Crippen molar-refractivity contribution in [2.24, 2.45) is 0 Å². The first-order chi connectivity index (χ1) is 5.31. The predicted molar refractivity (Wildman–Crippen MR) is 44.5 cm³/mol. The van der Waals surface area contributed by atoms with Gasteiger partial charge in [-0.1, -0.05) is 32.1 Å². The number of carbonyl (C=O) groups is 1. The van der Waals surface area contributed by atoms with E-state index < -0.39 is 6.09 Å². The van der Waals surface area contributed by atoms with Crippen LogP contribution in [-0.2, 0) is 4.74 Å². The molecule has 0 aliphatic heterocycles. The topological polar surface area (TPSA) is 38.3 Å². The first-order valence-corrected chi connectivity index (χ1v) is 4.07. The van der Waals surface area contributed by atoms with Crippen LogP contribution in [0, 0.1) is 0 Å². The number of amides is 1. The number of rotatable bonds is 0. The van der Waals surface area contributed by atoms with Gasteiger partial charge >= 0.3 is 6.09 Å². The molecule has 1 amide bonds. The molecule has 1 fully saturated rings. The second kappa shape index (κ2) is 7.38. The fourth-order valence-corrected chi connectivity index (χ4v) is 0.986. The van der Waals surface area contributed by atoms with Gasteiger partial charge in [0.2, 0.25) is 0 Å². The van der Waals surface area contributed by atoms with Gasteiger partial charge in [0.1, 0.15) is 0 Å². The molecule has 0 unspecified atom stereocenters. The van der Waals surface area contributed by atoms with Crippen LogP contribution >= 0.6 is 0 Å². The van der Waals surface area contributed by atoms with Crippen LogP contribution in [0.15, 0.2) is 0 Å². The molecule has 0 saturated heterocycles. The normalized spacial score (nSPS) is 14.7. The third kappa shape index (κ3) is 7.16. The predicted octanol–water partition coefficient (Wildman–Crippen LogP) is 1.92. The molecule has 1 aliphatic carbocycles. The second-order valence-corrected chi connectivity index (χ2v) is 2.51. The Hall–Kier alpha value is -0.730. The maximum Gasteiger partial charge on any atom is 0.406 e. The number of nitrogens with one attached hydrogen (secondary N) is 1. The van der Waals surface area contributed by atoms with Gasteiger partial charge in [0.25, 0.3) is 0 Å². The molecular formula is C8H17NO2. The number of hydrogen-bond acceptors (Lipinski definition) is 2. The number of alkyl carbamates (subject to hydrolysis) is 1. The van der Waals surface area contributed by atoms with Crippen molar-refractivity contribution in [1.82, 2.24) is 5.32 Å². The summed E-state index contributed by atoms with van der Waals surface area (Å²) in [5, 5.41) is 2.25. The highest BCUT2D eigenvalue weighted by molar-refractivity contribution is 5.66. The number of hydrogen-bond donors (Lipinski definition) is 1. The smallest absolute Gasteiger partial charge is 0.406 e. The Morgan fingerprint density at radius 1 is 1.18 bits per heavy atom. The molecule has 3 heteroatoms. The van der Waals surface area contributed by atoms with Crippen LogP contribution in [0.5, 0.6) is 0 Å². The summed E-state index contributed by atoms with van der Waals surface area (Å²) >= 11 is 0. The quantitative estimate of drug-likeness (QED) is 0.586. The zero-order valence-corrected chi connectivity index (χ0v) is 7.35. The molecule has 0 radical (unpaired) electrons. The lowest BCUT2D eigenvalue weighted by Crippen LogP contribution is -2.16. The first kappa shape index (κ1) is 10.3. The van der Waals surface area contributed by atoms with Gasteiger partial charge in [-0.05, 0) is 0 Å². The van der Waals surface area contributed by atoms with Crippen molar-refractivity contribution in [1.29, 1.82) is 0 Å². The summed E-state index contributed by atoms with van der Waals surface area (Å²) in [6.07, 6.45) is 7.09. The van der Waals surface area contributed by atoms with E-state index in [-0.39, 0.29) is 0 Å². The SMILES string of the molecule is C1CCCC1.CNC(=O)OC. The van der Waals surface area contributed by atoms with Crippen LogP contribution in [-0.4, -0.2) is 20.3 Å². The molecule has 66 valence electrons. The highest BCUT2D eigenvalue weighted by atomic mass is 16.5. The van der Waals surface area contributed by atoms with Crippen LogP contribution in [0.25, 0.3) is 0 Å². The van der Waals surface area contributed by atoms with Gasteiger partial charge in [-0.2, -0.15) is 0 Å². The Labute approximate surface area is 68.1 Å². The summed E-state index contributed by atoms with van der Waals surface area (Å²) in [5.41, 5.74) is 0. The highest BCUT2D eigenvalue weighted by Crippen LogP contribution is 2.15. The maximum atomic E-state index is 9.85. The Morgan fingerprint density at radius 3 is 1.64 bits per heavy atom. The molecule has 0 atom stereocenters. The fraction of sp³-hybridized carbons (Fsp3) is 0.875. The van der Waals surface area contributed by atoms with Crippen molar-refractivity contribution >= 4 is 6.09 Å². The minimum absolute atomic E-state index is 0.407. The number of carbonyl (C=O) groups excluding carboxylic acids is 1. The van der Waals surface area contributed by atoms with Gasteiger partial charge in [0.15, 0.2) is 0 Å². The van der Waals surface area contributed by atoms with E-state index in [0.29, 0.717) is 0 Å². The van der Waals surface area contributed by atoms with Gasteiger partial charge in [0, 0.05) is 7.05 Å². The average molecular weight is 159 g/mol. The summed E-state index contributed by atoms with van der Waals surface area (Å²) in [5.74, 6) is 0. The molecule has 1 rings (SSSR count). The van der Waals surface area contributed by atoms with Crippen LogP contribution in [0.3, 0.4) is 0 Å². The third-order valence-corrected chi connectivity index (χ3v) is 1.64. The number of ether oxygens (including phenoxy) is 1. The fourth-order valence-electron chi connectivity index (χ4n) is 0.986. The molecule has 0 heterocycles. The van der Waals surface area contributed by atoms with E-state index in [9.17, 15) is 4.79 Å². The average Bonchev–Trinajstić information content (AvgIpc) is 2.60. The van der Waals surface area contributed by atoms with E-state index in [2.05, 4.69) is 10.1 Å². The Morgan fingerprint density at radius 2 is 1.55 bits per heavy atom. The van der Waals surface area contributed by atoms with Crippen molar-refractivity contribution in [3.05, 3.63) is 0 Å². The molecule has 3 nitrogen and oxygen atoms in total. The lowest BCUT2D eigenvalue weighted by molar-refractivity contribution is 0.173. The summed E-state index contributed by atoms with van der Waals surface area (Å²) in [4.78, 5) is 9.85. The Kier molecular flexibility index (Phi) is 6.89. The molecule has 0 spiro atoms. The van der Waals surface area contributed by atoms with Gasteiger partial charge in [-0.25, -0.2) is 4.79 Å².